The van der Waals surface area contributed by atoms with Gasteiger partial charge in [-0.15, -0.1) is 0 Å². The average molecular weight is 322 g/mol. The van der Waals surface area contributed by atoms with Gasteiger partial charge in [0.25, 0.3) is 0 Å². The van der Waals surface area contributed by atoms with Crippen molar-refractivity contribution in [1.29, 1.82) is 0 Å². The van der Waals surface area contributed by atoms with Gasteiger partial charge in [-0.2, -0.15) is 0 Å². The largest absolute Gasteiger partial charge is 0.508 e. The fourth-order valence-electron chi connectivity index (χ4n) is 4.92. The van der Waals surface area contributed by atoms with Crippen molar-refractivity contribution in [3.8, 4) is 11.5 Å². The molecule has 0 heterocycles. The normalized spacial score (nSPS) is 30.4. The van der Waals surface area contributed by atoms with Crippen LogP contribution in [0.4, 0.5) is 0 Å². The highest BCUT2D eigenvalue weighted by molar-refractivity contribution is 5.33. The molecule has 2 bridgehead atoms. The number of para-hydroxylation sites is 2. The average Bonchev–Trinajstić information content (AvgIpc) is 2.58. The standard InChI is InChI=1S/C22H26O2/c1-22(2)16-13-19(22)18(12-15-8-6-7-11-20(15)23)21(14-16)24-17-9-4-3-5-10-17/h3-11,16,18-19,21,23H,12-14H2,1-2H3. The van der Waals surface area contributed by atoms with Gasteiger partial charge in [-0.1, -0.05) is 50.2 Å². The number of ether oxygens (including phenoxy) is 1. The second kappa shape index (κ2) is 5.84. The number of hydrogen-bond acceptors (Lipinski definition) is 2. The molecule has 0 aromatic heterocycles. The third kappa shape index (κ3) is 2.58. The molecule has 3 aliphatic carbocycles. The van der Waals surface area contributed by atoms with Crippen molar-refractivity contribution in [2.45, 2.75) is 39.2 Å². The molecule has 2 nitrogen and oxygen atoms in total. The molecule has 3 fully saturated rings. The Morgan fingerprint density at radius 3 is 2.42 bits per heavy atom. The summed E-state index contributed by atoms with van der Waals surface area (Å²) in [6.07, 6.45) is 3.56. The predicted octanol–water partition coefficient (Wildman–Crippen LogP) is 5.06. The molecule has 4 unspecified atom stereocenters. The zero-order valence-corrected chi connectivity index (χ0v) is 14.5. The van der Waals surface area contributed by atoms with E-state index in [0.717, 1.165) is 30.1 Å². The minimum absolute atomic E-state index is 0.240. The Hall–Kier alpha value is -1.96. The molecule has 3 saturated carbocycles. The Morgan fingerprint density at radius 1 is 1.00 bits per heavy atom. The summed E-state index contributed by atoms with van der Waals surface area (Å²) in [6.45, 7) is 4.81. The first-order valence-electron chi connectivity index (χ1n) is 9.04. The Bertz CT molecular complexity index is 707. The molecule has 2 aromatic rings. The molecule has 2 heteroatoms. The van der Waals surface area contributed by atoms with Crippen LogP contribution in [0.1, 0.15) is 32.3 Å². The summed E-state index contributed by atoms with van der Waals surface area (Å²) < 4.78 is 6.39. The number of phenolic OH excluding ortho intramolecular Hbond substituents is 1. The van der Waals surface area contributed by atoms with Gasteiger partial charge in [-0.3, -0.25) is 0 Å². The lowest BCUT2D eigenvalue weighted by Gasteiger charge is -2.62. The van der Waals surface area contributed by atoms with Crippen molar-refractivity contribution >= 4 is 0 Å². The summed E-state index contributed by atoms with van der Waals surface area (Å²) in [5.41, 5.74) is 1.44. The number of hydrogen-bond donors (Lipinski definition) is 1. The minimum atomic E-state index is 0.240. The van der Waals surface area contributed by atoms with Gasteiger partial charge in [0.1, 0.15) is 17.6 Å². The van der Waals surface area contributed by atoms with Crippen LogP contribution in [0.25, 0.3) is 0 Å². The highest BCUT2D eigenvalue weighted by atomic mass is 16.5. The molecule has 0 aliphatic heterocycles. The quantitative estimate of drug-likeness (QED) is 0.852. The van der Waals surface area contributed by atoms with Gasteiger partial charge in [0.15, 0.2) is 0 Å². The molecule has 4 atom stereocenters. The lowest BCUT2D eigenvalue weighted by molar-refractivity contribution is -0.152. The van der Waals surface area contributed by atoms with E-state index in [-0.39, 0.29) is 6.10 Å². The van der Waals surface area contributed by atoms with Gasteiger partial charge in [0.05, 0.1) is 0 Å². The molecule has 0 radical (unpaired) electrons. The van der Waals surface area contributed by atoms with Gasteiger partial charge in [0.2, 0.25) is 0 Å². The second-order valence-corrected chi connectivity index (χ2v) is 8.06. The first-order chi connectivity index (χ1) is 11.6. The molecular weight excluding hydrogens is 296 g/mol. The van der Waals surface area contributed by atoms with E-state index in [0.29, 0.717) is 23.0 Å². The zero-order chi connectivity index (χ0) is 16.7. The van der Waals surface area contributed by atoms with Gasteiger partial charge in [-0.25, -0.2) is 0 Å². The lowest BCUT2D eigenvalue weighted by atomic mass is 9.44. The van der Waals surface area contributed by atoms with Crippen LogP contribution in [0, 0.1) is 23.2 Å². The molecule has 1 N–H and O–H groups in total. The van der Waals surface area contributed by atoms with Crippen molar-refractivity contribution in [2.24, 2.45) is 23.2 Å². The van der Waals surface area contributed by atoms with E-state index in [1.807, 2.05) is 48.5 Å². The molecule has 3 aliphatic rings. The van der Waals surface area contributed by atoms with Crippen LogP contribution in [0.3, 0.4) is 0 Å². The van der Waals surface area contributed by atoms with Crippen LogP contribution in [0.2, 0.25) is 0 Å². The zero-order valence-electron chi connectivity index (χ0n) is 14.5. The van der Waals surface area contributed by atoms with E-state index in [1.165, 1.54) is 6.42 Å². The van der Waals surface area contributed by atoms with Crippen LogP contribution in [0.5, 0.6) is 11.5 Å². The number of phenols is 1. The summed E-state index contributed by atoms with van der Waals surface area (Å²) in [6, 6.07) is 17.9. The Kier molecular flexibility index (Phi) is 3.79. The monoisotopic (exact) mass is 322 g/mol. The second-order valence-electron chi connectivity index (χ2n) is 8.06. The van der Waals surface area contributed by atoms with Crippen LogP contribution >= 0.6 is 0 Å². The maximum Gasteiger partial charge on any atom is 0.119 e. The van der Waals surface area contributed by atoms with Crippen LogP contribution in [-0.4, -0.2) is 11.2 Å². The molecule has 0 spiro atoms. The van der Waals surface area contributed by atoms with Crippen molar-refractivity contribution in [2.75, 3.05) is 0 Å². The predicted molar refractivity (Wildman–Crippen MR) is 96.2 cm³/mol. The van der Waals surface area contributed by atoms with Crippen molar-refractivity contribution < 1.29 is 9.84 Å². The third-order valence-electron chi connectivity index (χ3n) is 6.54. The van der Waals surface area contributed by atoms with Crippen molar-refractivity contribution in [1.82, 2.24) is 0 Å². The summed E-state index contributed by atoms with van der Waals surface area (Å²) in [7, 11) is 0. The van der Waals surface area contributed by atoms with Crippen LogP contribution in [-0.2, 0) is 6.42 Å². The van der Waals surface area contributed by atoms with E-state index in [2.05, 4.69) is 13.8 Å². The SMILES string of the molecule is CC1(C)C2CC(Oc3ccccc3)C(Cc3ccccc3O)C1C2. The molecule has 24 heavy (non-hydrogen) atoms. The van der Waals surface area contributed by atoms with Gasteiger partial charge in [-0.05, 0) is 60.3 Å². The molecule has 5 rings (SSSR count). The van der Waals surface area contributed by atoms with Crippen LogP contribution < -0.4 is 4.74 Å². The first kappa shape index (κ1) is 15.6. The number of rotatable bonds is 4. The fraction of sp³-hybridized carbons (Fsp3) is 0.455. The number of benzene rings is 2. The summed E-state index contributed by atoms with van der Waals surface area (Å²) in [4.78, 5) is 0. The van der Waals surface area contributed by atoms with Gasteiger partial charge < -0.3 is 9.84 Å². The topological polar surface area (TPSA) is 29.5 Å². The molecule has 0 amide bonds. The lowest BCUT2D eigenvalue weighted by Crippen LogP contribution is -2.59. The Morgan fingerprint density at radius 2 is 1.71 bits per heavy atom. The Balaban J connectivity index is 1.59. The van der Waals surface area contributed by atoms with E-state index in [4.69, 9.17) is 4.74 Å². The molecule has 0 saturated heterocycles. The summed E-state index contributed by atoms with van der Waals surface area (Å²) in [5, 5.41) is 10.2. The number of fused-ring (bicyclic) bond motifs is 2. The van der Waals surface area contributed by atoms with E-state index in [1.54, 1.807) is 6.07 Å². The first-order valence-corrected chi connectivity index (χ1v) is 9.04. The maximum absolute atomic E-state index is 10.2. The van der Waals surface area contributed by atoms with E-state index < -0.39 is 0 Å². The number of aromatic hydroxyl groups is 1. The van der Waals surface area contributed by atoms with Crippen molar-refractivity contribution in [3.63, 3.8) is 0 Å². The van der Waals surface area contributed by atoms with Crippen molar-refractivity contribution in [3.05, 3.63) is 60.2 Å². The Labute approximate surface area is 144 Å². The smallest absolute Gasteiger partial charge is 0.119 e. The highest BCUT2D eigenvalue weighted by Gasteiger charge is 2.58. The highest BCUT2D eigenvalue weighted by Crippen LogP contribution is 2.62. The van der Waals surface area contributed by atoms with Gasteiger partial charge >= 0.3 is 0 Å². The summed E-state index contributed by atoms with van der Waals surface area (Å²) in [5.74, 6) is 3.26. The van der Waals surface area contributed by atoms with Crippen LogP contribution in [0.15, 0.2) is 54.6 Å². The third-order valence-corrected chi connectivity index (χ3v) is 6.54. The fourth-order valence-corrected chi connectivity index (χ4v) is 4.92. The molecule has 126 valence electrons. The van der Waals surface area contributed by atoms with E-state index >= 15 is 0 Å². The van der Waals surface area contributed by atoms with E-state index in [9.17, 15) is 5.11 Å². The molecule has 2 aromatic carbocycles. The summed E-state index contributed by atoms with van der Waals surface area (Å²) >= 11 is 0. The maximum atomic E-state index is 10.2. The molecular formula is C22H26O2. The van der Waals surface area contributed by atoms with Gasteiger partial charge in [0, 0.05) is 5.92 Å². The minimum Gasteiger partial charge on any atom is -0.508 e.